The second-order valence-electron chi connectivity index (χ2n) is 7.91. The lowest BCUT2D eigenvalue weighted by Gasteiger charge is -2.26. The first kappa shape index (κ1) is 17.3. The minimum absolute atomic E-state index is 0.0159. The number of rotatable bonds is 2. The van der Waals surface area contributed by atoms with Crippen LogP contribution in [-0.4, -0.2) is 22.6 Å². The molecule has 0 amide bonds. The van der Waals surface area contributed by atoms with E-state index in [4.69, 9.17) is 4.74 Å². The van der Waals surface area contributed by atoms with E-state index in [0.29, 0.717) is 5.69 Å². The molecule has 0 aliphatic heterocycles. The lowest BCUT2D eigenvalue weighted by Crippen LogP contribution is -2.18. The van der Waals surface area contributed by atoms with E-state index in [1.807, 2.05) is 0 Å². The SMILES string of the molecule is COC(=O)c1cncn1-c1cc(C(C)(C)C)cc(C(C)(C)C)c1. The highest BCUT2D eigenvalue weighted by Gasteiger charge is 2.22. The Labute approximate surface area is 138 Å². The molecule has 0 radical (unpaired) electrons. The molecule has 0 aliphatic rings. The number of ether oxygens (including phenoxy) is 1. The number of hydrogen-bond donors (Lipinski definition) is 0. The van der Waals surface area contributed by atoms with Gasteiger partial charge in [-0.3, -0.25) is 4.57 Å². The minimum atomic E-state index is -0.388. The average Bonchev–Trinajstić information content (AvgIpc) is 2.93. The molecule has 4 nitrogen and oxygen atoms in total. The van der Waals surface area contributed by atoms with Crippen molar-refractivity contribution in [3.63, 3.8) is 0 Å². The van der Waals surface area contributed by atoms with Gasteiger partial charge in [-0.1, -0.05) is 47.6 Å². The number of esters is 1. The van der Waals surface area contributed by atoms with Crippen molar-refractivity contribution in [3.05, 3.63) is 47.5 Å². The van der Waals surface area contributed by atoms with E-state index < -0.39 is 0 Å². The molecule has 0 spiro atoms. The van der Waals surface area contributed by atoms with Gasteiger partial charge in [0.05, 0.1) is 19.6 Å². The van der Waals surface area contributed by atoms with E-state index in [1.165, 1.54) is 24.4 Å². The van der Waals surface area contributed by atoms with Crippen LogP contribution in [0.5, 0.6) is 0 Å². The summed E-state index contributed by atoms with van der Waals surface area (Å²) in [4.78, 5) is 16.1. The molecular weight excluding hydrogens is 288 g/mol. The van der Waals surface area contributed by atoms with Crippen LogP contribution in [0, 0.1) is 0 Å². The molecule has 0 atom stereocenters. The van der Waals surface area contributed by atoms with Gasteiger partial charge in [-0.15, -0.1) is 0 Å². The molecule has 0 fully saturated rings. The first-order valence-corrected chi connectivity index (χ1v) is 7.81. The van der Waals surface area contributed by atoms with Gasteiger partial charge in [0.25, 0.3) is 0 Å². The second kappa shape index (κ2) is 5.84. The number of aromatic nitrogens is 2. The zero-order valence-corrected chi connectivity index (χ0v) is 15.1. The molecule has 1 aromatic heterocycles. The minimum Gasteiger partial charge on any atom is -0.464 e. The maximum Gasteiger partial charge on any atom is 0.356 e. The van der Waals surface area contributed by atoms with Crippen molar-refractivity contribution in [2.45, 2.75) is 52.4 Å². The predicted molar refractivity (Wildman–Crippen MR) is 92.3 cm³/mol. The van der Waals surface area contributed by atoms with Gasteiger partial charge in [-0.2, -0.15) is 0 Å². The van der Waals surface area contributed by atoms with Crippen LogP contribution < -0.4 is 0 Å². The molecule has 1 aromatic carbocycles. The fourth-order valence-corrected chi connectivity index (χ4v) is 2.37. The van der Waals surface area contributed by atoms with Gasteiger partial charge in [0.2, 0.25) is 0 Å². The van der Waals surface area contributed by atoms with Crippen LogP contribution in [-0.2, 0) is 15.6 Å². The third-order valence-electron chi connectivity index (χ3n) is 3.96. The van der Waals surface area contributed by atoms with Crippen LogP contribution in [0.25, 0.3) is 5.69 Å². The molecule has 0 aliphatic carbocycles. The topological polar surface area (TPSA) is 44.1 Å². The van der Waals surface area contributed by atoms with Crippen molar-refractivity contribution < 1.29 is 9.53 Å². The van der Waals surface area contributed by atoms with Gasteiger partial charge in [0.1, 0.15) is 0 Å². The lowest BCUT2D eigenvalue weighted by molar-refractivity contribution is 0.0591. The summed E-state index contributed by atoms with van der Waals surface area (Å²) in [6, 6.07) is 6.48. The van der Waals surface area contributed by atoms with Crippen molar-refractivity contribution in [3.8, 4) is 5.69 Å². The van der Waals surface area contributed by atoms with E-state index in [1.54, 1.807) is 10.9 Å². The van der Waals surface area contributed by atoms with Crippen LogP contribution in [0.1, 0.15) is 63.2 Å². The van der Waals surface area contributed by atoms with Gasteiger partial charge >= 0.3 is 5.97 Å². The summed E-state index contributed by atoms with van der Waals surface area (Å²) >= 11 is 0. The Morgan fingerprint density at radius 1 is 1.00 bits per heavy atom. The smallest absolute Gasteiger partial charge is 0.356 e. The molecular formula is C19H26N2O2. The van der Waals surface area contributed by atoms with Gasteiger partial charge in [0, 0.05) is 5.69 Å². The molecule has 1 heterocycles. The number of carbonyl (C=O) groups is 1. The van der Waals surface area contributed by atoms with E-state index in [9.17, 15) is 4.79 Å². The molecule has 2 rings (SSSR count). The number of hydrogen-bond acceptors (Lipinski definition) is 3. The van der Waals surface area contributed by atoms with Gasteiger partial charge in [-0.05, 0) is 34.1 Å². The number of carbonyl (C=O) groups excluding carboxylic acids is 1. The molecule has 0 N–H and O–H groups in total. The van der Waals surface area contributed by atoms with Crippen LogP contribution >= 0.6 is 0 Å². The first-order valence-electron chi connectivity index (χ1n) is 7.81. The van der Waals surface area contributed by atoms with E-state index >= 15 is 0 Å². The third kappa shape index (κ3) is 3.63. The highest BCUT2D eigenvalue weighted by molar-refractivity contribution is 5.88. The highest BCUT2D eigenvalue weighted by atomic mass is 16.5. The number of nitrogens with zero attached hydrogens (tertiary/aromatic N) is 2. The standard InChI is InChI=1S/C19H26N2O2/c1-18(2,3)13-8-14(19(4,5)6)10-15(9-13)21-12-20-11-16(21)17(22)23-7/h8-12H,1-7H3. The van der Waals surface area contributed by atoms with Crippen molar-refractivity contribution in [2.24, 2.45) is 0 Å². The number of benzene rings is 1. The first-order chi connectivity index (χ1) is 10.5. The Kier molecular flexibility index (Phi) is 4.38. The van der Waals surface area contributed by atoms with Crippen LogP contribution in [0.4, 0.5) is 0 Å². The van der Waals surface area contributed by atoms with Crippen molar-refractivity contribution in [1.82, 2.24) is 9.55 Å². The van der Waals surface area contributed by atoms with Crippen molar-refractivity contribution in [1.29, 1.82) is 0 Å². The molecule has 0 saturated heterocycles. The van der Waals surface area contributed by atoms with Gasteiger partial charge < -0.3 is 4.74 Å². The van der Waals surface area contributed by atoms with E-state index in [2.05, 4.69) is 64.7 Å². The molecule has 0 unspecified atom stereocenters. The molecule has 4 heteroatoms. The summed E-state index contributed by atoms with van der Waals surface area (Å²) in [7, 11) is 1.38. The Morgan fingerprint density at radius 3 is 1.96 bits per heavy atom. The van der Waals surface area contributed by atoms with E-state index in [-0.39, 0.29) is 16.8 Å². The van der Waals surface area contributed by atoms with Gasteiger partial charge in [-0.25, -0.2) is 9.78 Å². The average molecular weight is 314 g/mol. The van der Waals surface area contributed by atoms with Crippen molar-refractivity contribution >= 4 is 5.97 Å². The summed E-state index contributed by atoms with van der Waals surface area (Å²) in [6.45, 7) is 13.1. The monoisotopic (exact) mass is 314 g/mol. The summed E-state index contributed by atoms with van der Waals surface area (Å²) in [5, 5.41) is 0. The fraction of sp³-hybridized carbons (Fsp3) is 0.474. The van der Waals surface area contributed by atoms with Crippen molar-refractivity contribution in [2.75, 3.05) is 7.11 Å². The predicted octanol–water partition coefficient (Wildman–Crippen LogP) is 4.25. The molecule has 23 heavy (non-hydrogen) atoms. The molecule has 0 saturated carbocycles. The Hall–Kier alpha value is -2.10. The number of imidazole rings is 1. The van der Waals surface area contributed by atoms with E-state index in [0.717, 1.165) is 5.69 Å². The van der Waals surface area contributed by atoms with Crippen LogP contribution in [0.2, 0.25) is 0 Å². The fourth-order valence-electron chi connectivity index (χ4n) is 2.37. The third-order valence-corrected chi connectivity index (χ3v) is 3.96. The Bertz CT molecular complexity index is 683. The summed E-state index contributed by atoms with van der Waals surface area (Å²) in [5.74, 6) is -0.388. The molecule has 124 valence electrons. The molecule has 2 aromatic rings. The second-order valence-corrected chi connectivity index (χ2v) is 7.91. The Morgan fingerprint density at radius 2 is 1.52 bits per heavy atom. The maximum absolute atomic E-state index is 11.9. The normalized spacial score (nSPS) is 12.3. The number of methoxy groups -OCH3 is 1. The van der Waals surface area contributed by atoms with Crippen LogP contribution in [0.3, 0.4) is 0 Å². The largest absolute Gasteiger partial charge is 0.464 e. The Balaban J connectivity index is 2.68. The lowest BCUT2D eigenvalue weighted by atomic mass is 9.80. The summed E-state index contributed by atoms with van der Waals surface area (Å²) in [5.41, 5.74) is 3.84. The summed E-state index contributed by atoms with van der Waals surface area (Å²) in [6.07, 6.45) is 3.19. The summed E-state index contributed by atoms with van der Waals surface area (Å²) < 4.78 is 6.64. The maximum atomic E-state index is 11.9. The molecule has 0 bridgehead atoms. The van der Waals surface area contributed by atoms with Crippen LogP contribution in [0.15, 0.2) is 30.7 Å². The van der Waals surface area contributed by atoms with Gasteiger partial charge in [0.15, 0.2) is 5.69 Å². The zero-order valence-electron chi connectivity index (χ0n) is 15.1. The highest BCUT2D eigenvalue weighted by Crippen LogP contribution is 2.31. The zero-order chi connectivity index (χ0) is 17.4. The quantitative estimate of drug-likeness (QED) is 0.778.